The van der Waals surface area contributed by atoms with E-state index in [0.29, 0.717) is 19.4 Å². The highest BCUT2D eigenvalue weighted by molar-refractivity contribution is 5.76. The molecular formula is C64H123NO5. The molecule has 0 aliphatic carbocycles. The molecule has 0 aromatic heterocycles. The third-order valence-electron chi connectivity index (χ3n) is 14.7. The summed E-state index contributed by atoms with van der Waals surface area (Å²) in [5.74, 6) is -0.0765. The van der Waals surface area contributed by atoms with Crippen molar-refractivity contribution in [2.75, 3.05) is 13.2 Å². The van der Waals surface area contributed by atoms with Gasteiger partial charge in [0.25, 0.3) is 0 Å². The number of ether oxygens (including phenoxy) is 1. The number of carbonyl (C=O) groups is 2. The van der Waals surface area contributed by atoms with Crippen LogP contribution >= 0.6 is 0 Å². The molecule has 70 heavy (non-hydrogen) atoms. The van der Waals surface area contributed by atoms with Crippen LogP contribution in [0.5, 0.6) is 0 Å². The molecular weight excluding hydrogens is 863 g/mol. The minimum atomic E-state index is -0.853. The van der Waals surface area contributed by atoms with Gasteiger partial charge in [0.15, 0.2) is 0 Å². The first-order valence-electron chi connectivity index (χ1n) is 31.6. The van der Waals surface area contributed by atoms with Crippen LogP contribution in [0.1, 0.15) is 348 Å². The van der Waals surface area contributed by atoms with Gasteiger partial charge in [-0.25, -0.2) is 0 Å². The predicted molar refractivity (Wildman–Crippen MR) is 306 cm³/mol. The molecule has 0 fully saturated rings. The van der Waals surface area contributed by atoms with Crippen LogP contribution in [0.25, 0.3) is 0 Å². The van der Waals surface area contributed by atoms with Crippen molar-refractivity contribution in [1.29, 1.82) is 0 Å². The van der Waals surface area contributed by atoms with Gasteiger partial charge in [0, 0.05) is 12.8 Å². The summed E-state index contributed by atoms with van der Waals surface area (Å²) in [4.78, 5) is 24.5. The lowest BCUT2D eigenvalue weighted by atomic mass is 10.0. The Labute approximate surface area is 437 Å². The minimum Gasteiger partial charge on any atom is -0.466 e. The van der Waals surface area contributed by atoms with E-state index in [9.17, 15) is 19.8 Å². The fraction of sp³-hybridized carbons (Fsp3) is 0.906. The summed E-state index contributed by atoms with van der Waals surface area (Å²) in [6.07, 6.45) is 73.6. The normalized spacial score (nSPS) is 12.7. The molecule has 0 heterocycles. The van der Waals surface area contributed by atoms with Gasteiger partial charge < -0.3 is 20.3 Å². The van der Waals surface area contributed by atoms with Gasteiger partial charge in [-0.15, -0.1) is 0 Å². The second-order valence-electron chi connectivity index (χ2n) is 21.7. The predicted octanol–water partition coefficient (Wildman–Crippen LogP) is 19.8. The van der Waals surface area contributed by atoms with Crippen molar-refractivity contribution in [2.45, 2.75) is 360 Å². The number of allylic oxidation sites excluding steroid dienone is 3. The van der Waals surface area contributed by atoms with Crippen molar-refractivity contribution in [2.24, 2.45) is 0 Å². The second-order valence-corrected chi connectivity index (χ2v) is 21.7. The number of amides is 1. The fourth-order valence-corrected chi connectivity index (χ4v) is 9.87. The first kappa shape index (κ1) is 68.3. The van der Waals surface area contributed by atoms with Crippen molar-refractivity contribution in [3.8, 4) is 0 Å². The highest BCUT2D eigenvalue weighted by Gasteiger charge is 2.18. The number of aliphatic hydroxyl groups excluding tert-OH is 2. The molecule has 6 nitrogen and oxygen atoms in total. The molecule has 0 spiro atoms. The number of rotatable bonds is 59. The molecule has 0 aromatic carbocycles. The van der Waals surface area contributed by atoms with Crippen LogP contribution in [-0.4, -0.2) is 47.4 Å². The maximum absolute atomic E-state index is 12.5. The molecule has 0 saturated heterocycles. The standard InChI is InChI=1S/C64H123NO5/c1-3-5-7-9-11-13-15-17-19-20-21-22-23-24-26-29-32-36-40-44-48-52-56-62(67)61(60-66)65-63(68)57-53-49-45-41-37-33-30-27-25-28-31-35-39-43-47-51-55-59-70-64(69)58-54-50-46-42-38-34-18-16-14-12-10-8-6-4-2/h25,28,52,56,61-62,66-67H,3-24,26-27,29-51,53-55,57-60H2,1-2H3,(H,65,68)/b28-25-,56-52+. The number of carbonyl (C=O) groups excluding carboxylic acids is 2. The monoisotopic (exact) mass is 986 g/mol. The molecule has 0 bridgehead atoms. The van der Waals surface area contributed by atoms with Gasteiger partial charge in [-0.3, -0.25) is 9.59 Å². The van der Waals surface area contributed by atoms with Gasteiger partial charge in [-0.05, 0) is 57.8 Å². The lowest BCUT2D eigenvalue weighted by molar-refractivity contribution is -0.143. The van der Waals surface area contributed by atoms with Crippen molar-refractivity contribution in [3.05, 3.63) is 24.3 Å². The number of nitrogens with one attached hydrogen (secondary N) is 1. The van der Waals surface area contributed by atoms with E-state index in [1.165, 1.54) is 263 Å². The largest absolute Gasteiger partial charge is 0.466 e. The molecule has 0 aromatic rings. The Morgan fingerprint density at radius 1 is 0.386 bits per heavy atom. The van der Waals surface area contributed by atoms with Crippen molar-refractivity contribution in [1.82, 2.24) is 5.32 Å². The molecule has 1 amide bonds. The Balaban J connectivity index is 3.48. The first-order valence-corrected chi connectivity index (χ1v) is 31.6. The number of hydrogen-bond acceptors (Lipinski definition) is 5. The summed E-state index contributed by atoms with van der Waals surface area (Å²) in [6.45, 7) is 4.91. The molecule has 0 aliphatic rings. The molecule has 0 aliphatic heterocycles. The Morgan fingerprint density at radius 2 is 0.671 bits per heavy atom. The maximum Gasteiger partial charge on any atom is 0.305 e. The third-order valence-corrected chi connectivity index (χ3v) is 14.7. The second kappa shape index (κ2) is 59.9. The highest BCUT2D eigenvalue weighted by Crippen LogP contribution is 2.18. The summed E-state index contributed by atoms with van der Waals surface area (Å²) in [7, 11) is 0. The van der Waals surface area contributed by atoms with Crippen molar-refractivity contribution >= 4 is 11.9 Å². The average molecular weight is 987 g/mol. The number of aliphatic hydroxyl groups is 2. The average Bonchev–Trinajstić information content (AvgIpc) is 3.36. The topological polar surface area (TPSA) is 95.9 Å². The molecule has 0 radical (unpaired) electrons. The first-order chi connectivity index (χ1) is 34.5. The number of hydrogen-bond donors (Lipinski definition) is 3. The van der Waals surface area contributed by atoms with Crippen LogP contribution in [0, 0.1) is 0 Å². The molecule has 2 unspecified atom stereocenters. The molecule has 0 rings (SSSR count). The molecule has 2 atom stereocenters. The van der Waals surface area contributed by atoms with Crippen molar-refractivity contribution < 1.29 is 24.5 Å². The van der Waals surface area contributed by atoms with E-state index in [0.717, 1.165) is 57.8 Å². The SMILES string of the molecule is CCCCCCCCCCCCCCCCCCCCCC/C=C/C(O)C(CO)NC(=O)CCCCCCCCC/C=C\CCCCCCCCOC(=O)CCCCCCCCCCCCCCCC. The van der Waals surface area contributed by atoms with Crippen LogP contribution in [0.3, 0.4) is 0 Å². The smallest absolute Gasteiger partial charge is 0.305 e. The Morgan fingerprint density at radius 3 is 1.01 bits per heavy atom. The number of esters is 1. The summed E-state index contributed by atoms with van der Waals surface area (Å²) in [6, 6.07) is -0.637. The van der Waals surface area contributed by atoms with E-state index in [1.807, 2.05) is 6.08 Å². The Hall–Kier alpha value is -1.66. The van der Waals surface area contributed by atoms with E-state index < -0.39 is 12.1 Å². The third kappa shape index (κ3) is 55.7. The Bertz CT molecular complexity index is 1090. The van der Waals surface area contributed by atoms with Crippen molar-refractivity contribution in [3.63, 3.8) is 0 Å². The fourth-order valence-electron chi connectivity index (χ4n) is 9.87. The van der Waals surface area contributed by atoms with E-state index >= 15 is 0 Å². The maximum atomic E-state index is 12.5. The van der Waals surface area contributed by atoms with Crippen LogP contribution < -0.4 is 5.32 Å². The van der Waals surface area contributed by atoms with Gasteiger partial charge in [0.2, 0.25) is 5.91 Å². The van der Waals surface area contributed by atoms with Crippen LogP contribution in [0.2, 0.25) is 0 Å². The molecule has 414 valence electrons. The van der Waals surface area contributed by atoms with Crippen LogP contribution in [-0.2, 0) is 14.3 Å². The minimum absolute atomic E-state index is 0.000140. The zero-order valence-electron chi connectivity index (χ0n) is 47.3. The lowest BCUT2D eigenvalue weighted by Gasteiger charge is -2.20. The van der Waals surface area contributed by atoms with Gasteiger partial charge in [-0.2, -0.15) is 0 Å². The molecule has 6 heteroatoms. The Kier molecular flexibility index (Phi) is 58.5. The van der Waals surface area contributed by atoms with E-state index in [4.69, 9.17) is 4.74 Å². The van der Waals surface area contributed by atoms with Gasteiger partial charge in [-0.1, -0.05) is 301 Å². The zero-order valence-corrected chi connectivity index (χ0v) is 47.3. The quantitative estimate of drug-likeness (QED) is 0.0321. The van der Waals surface area contributed by atoms with E-state index in [1.54, 1.807) is 6.08 Å². The highest BCUT2D eigenvalue weighted by atomic mass is 16.5. The van der Waals surface area contributed by atoms with Gasteiger partial charge in [0.1, 0.15) is 0 Å². The van der Waals surface area contributed by atoms with Gasteiger partial charge >= 0.3 is 5.97 Å². The van der Waals surface area contributed by atoms with E-state index in [-0.39, 0.29) is 18.5 Å². The van der Waals surface area contributed by atoms with E-state index in [2.05, 4.69) is 31.3 Å². The van der Waals surface area contributed by atoms with Crippen LogP contribution in [0.15, 0.2) is 24.3 Å². The van der Waals surface area contributed by atoms with Crippen LogP contribution in [0.4, 0.5) is 0 Å². The summed E-state index contributed by atoms with van der Waals surface area (Å²) < 4.78 is 5.47. The summed E-state index contributed by atoms with van der Waals surface area (Å²) >= 11 is 0. The summed E-state index contributed by atoms with van der Waals surface area (Å²) in [5, 5.41) is 23.2. The lowest BCUT2D eigenvalue weighted by Crippen LogP contribution is -2.45. The van der Waals surface area contributed by atoms with Gasteiger partial charge in [0.05, 0.1) is 25.4 Å². The molecule has 3 N–H and O–H groups in total. The number of unbranched alkanes of at least 4 members (excludes halogenated alkanes) is 46. The zero-order chi connectivity index (χ0) is 50.7. The molecule has 0 saturated carbocycles. The summed E-state index contributed by atoms with van der Waals surface area (Å²) in [5.41, 5.74) is 0.